The average Bonchev–Trinajstić information content (AvgIpc) is 3.03. The summed E-state index contributed by atoms with van der Waals surface area (Å²) in [6.45, 7) is 2.89. The van der Waals surface area contributed by atoms with Crippen molar-refractivity contribution in [3.8, 4) is 11.8 Å². The quantitative estimate of drug-likeness (QED) is 0.864. The number of benzene rings is 1. The fourth-order valence-electron chi connectivity index (χ4n) is 2.87. The number of aliphatic hydroxyl groups excluding tert-OH is 1. The van der Waals surface area contributed by atoms with Crippen LogP contribution in [-0.2, 0) is 0 Å². The maximum atomic E-state index is 12.6. The monoisotopic (exact) mass is 285 g/mol. The first-order valence-electron chi connectivity index (χ1n) is 7.77. The molecule has 1 N–H and O–H groups in total. The van der Waals surface area contributed by atoms with Crippen LogP contribution in [0.4, 0.5) is 0 Å². The third kappa shape index (κ3) is 4.09. The fraction of sp³-hybridized carbons (Fsp3) is 0.500. The molecule has 1 amide bonds. The van der Waals surface area contributed by atoms with E-state index < -0.39 is 0 Å². The Bertz CT molecular complexity index is 518. The van der Waals surface area contributed by atoms with Crippen molar-refractivity contribution in [1.82, 2.24) is 4.90 Å². The van der Waals surface area contributed by atoms with Crippen LogP contribution in [0.25, 0.3) is 0 Å². The smallest absolute Gasteiger partial charge is 0.254 e. The van der Waals surface area contributed by atoms with Gasteiger partial charge in [0.1, 0.15) is 0 Å². The van der Waals surface area contributed by atoms with E-state index in [1.165, 1.54) is 12.8 Å². The van der Waals surface area contributed by atoms with Gasteiger partial charge in [0.2, 0.25) is 0 Å². The minimum Gasteiger partial charge on any atom is -0.395 e. The van der Waals surface area contributed by atoms with E-state index >= 15 is 0 Å². The molecule has 3 heteroatoms. The van der Waals surface area contributed by atoms with Crippen molar-refractivity contribution in [2.24, 2.45) is 0 Å². The number of nitrogens with zero attached hydrogens (tertiary/aromatic N) is 1. The van der Waals surface area contributed by atoms with Gasteiger partial charge in [-0.15, -0.1) is 0 Å². The minimum atomic E-state index is 0.0798. The highest BCUT2D eigenvalue weighted by Gasteiger charge is 2.25. The number of hydrogen-bond donors (Lipinski definition) is 1. The Hall–Kier alpha value is -1.79. The van der Waals surface area contributed by atoms with E-state index in [9.17, 15) is 4.79 Å². The van der Waals surface area contributed by atoms with Crippen LogP contribution < -0.4 is 0 Å². The van der Waals surface area contributed by atoms with E-state index in [0.29, 0.717) is 12.5 Å². The molecular weight excluding hydrogens is 262 g/mol. The molecule has 0 aromatic heterocycles. The van der Waals surface area contributed by atoms with E-state index in [0.717, 1.165) is 30.5 Å². The fourth-order valence-corrected chi connectivity index (χ4v) is 2.87. The molecule has 0 radical (unpaired) electrons. The molecule has 0 heterocycles. The Morgan fingerprint density at radius 3 is 2.52 bits per heavy atom. The van der Waals surface area contributed by atoms with Crippen LogP contribution in [0.2, 0.25) is 0 Å². The van der Waals surface area contributed by atoms with Gasteiger partial charge in [0.15, 0.2) is 0 Å². The van der Waals surface area contributed by atoms with E-state index in [1.807, 2.05) is 36.1 Å². The molecule has 1 aliphatic carbocycles. The van der Waals surface area contributed by atoms with E-state index in [4.69, 9.17) is 5.11 Å². The van der Waals surface area contributed by atoms with Gasteiger partial charge in [-0.2, -0.15) is 0 Å². The van der Waals surface area contributed by atoms with Crippen LogP contribution in [0.15, 0.2) is 24.3 Å². The highest BCUT2D eigenvalue weighted by atomic mass is 16.2. The molecule has 1 aliphatic rings. The van der Waals surface area contributed by atoms with Crippen molar-refractivity contribution in [2.75, 3.05) is 13.2 Å². The normalized spacial score (nSPS) is 14.6. The Kier molecular flexibility index (Phi) is 5.83. The number of aliphatic hydroxyl groups is 1. The molecule has 0 spiro atoms. The van der Waals surface area contributed by atoms with Crippen LogP contribution in [0.3, 0.4) is 0 Å². The van der Waals surface area contributed by atoms with Crippen LogP contribution >= 0.6 is 0 Å². The van der Waals surface area contributed by atoms with Gasteiger partial charge in [-0.05, 0) is 44.0 Å². The Morgan fingerprint density at radius 2 is 1.95 bits per heavy atom. The molecule has 1 aromatic carbocycles. The summed E-state index contributed by atoms with van der Waals surface area (Å²) in [6.07, 6.45) is 5.20. The zero-order valence-corrected chi connectivity index (χ0v) is 12.6. The van der Waals surface area contributed by atoms with Crippen molar-refractivity contribution >= 4 is 5.91 Å². The Morgan fingerprint density at radius 1 is 1.29 bits per heavy atom. The number of carbonyl (C=O) groups excluding carboxylic acids is 1. The molecule has 1 saturated carbocycles. The summed E-state index contributed by atoms with van der Waals surface area (Å²) in [5.41, 5.74) is 1.61. The molecule has 21 heavy (non-hydrogen) atoms. The number of rotatable bonds is 4. The summed E-state index contributed by atoms with van der Waals surface area (Å²) < 4.78 is 0. The van der Waals surface area contributed by atoms with Crippen molar-refractivity contribution in [2.45, 2.75) is 45.1 Å². The molecule has 1 fully saturated rings. The van der Waals surface area contributed by atoms with Gasteiger partial charge in [-0.1, -0.05) is 24.7 Å². The zero-order chi connectivity index (χ0) is 15.1. The van der Waals surface area contributed by atoms with E-state index in [1.54, 1.807) is 0 Å². The molecule has 1 aromatic rings. The first-order valence-corrected chi connectivity index (χ1v) is 7.77. The van der Waals surface area contributed by atoms with Crippen LogP contribution in [0.5, 0.6) is 0 Å². The van der Waals surface area contributed by atoms with Gasteiger partial charge in [0.25, 0.3) is 5.91 Å². The highest BCUT2D eigenvalue weighted by Crippen LogP contribution is 2.24. The molecule has 0 bridgehead atoms. The van der Waals surface area contributed by atoms with E-state index in [-0.39, 0.29) is 12.5 Å². The van der Waals surface area contributed by atoms with Gasteiger partial charge in [-0.25, -0.2) is 0 Å². The SMILES string of the molecule is CCN(C(=O)c1ccc(C#CCCO)cc1)C1CCCC1. The first kappa shape index (κ1) is 15.6. The highest BCUT2D eigenvalue weighted by molar-refractivity contribution is 5.94. The van der Waals surface area contributed by atoms with Crippen molar-refractivity contribution in [3.05, 3.63) is 35.4 Å². The van der Waals surface area contributed by atoms with E-state index in [2.05, 4.69) is 11.8 Å². The third-order valence-electron chi connectivity index (χ3n) is 3.97. The lowest BCUT2D eigenvalue weighted by Gasteiger charge is -2.27. The number of amides is 1. The lowest BCUT2D eigenvalue weighted by Crippen LogP contribution is -2.38. The van der Waals surface area contributed by atoms with Gasteiger partial charge in [0, 0.05) is 30.1 Å². The number of hydrogen-bond acceptors (Lipinski definition) is 2. The largest absolute Gasteiger partial charge is 0.395 e. The summed E-state index contributed by atoms with van der Waals surface area (Å²) in [6, 6.07) is 7.86. The van der Waals surface area contributed by atoms with Gasteiger partial charge < -0.3 is 10.0 Å². The molecular formula is C18H23NO2. The number of carbonyl (C=O) groups is 1. The standard InChI is InChI=1S/C18H23NO2/c1-2-19(17-8-3-4-9-17)18(21)16-12-10-15(11-13-16)7-5-6-14-20/h10-13,17,20H,2-4,6,8-9,14H2,1H3. The molecule has 0 aliphatic heterocycles. The third-order valence-corrected chi connectivity index (χ3v) is 3.97. The summed E-state index contributed by atoms with van der Waals surface area (Å²) in [5, 5.41) is 8.70. The molecule has 0 atom stereocenters. The predicted octanol–water partition coefficient (Wildman–Crippen LogP) is 2.83. The first-order chi connectivity index (χ1) is 10.3. The predicted molar refractivity (Wildman–Crippen MR) is 84.0 cm³/mol. The van der Waals surface area contributed by atoms with Gasteiger partial charge >= 0.3 is 0 Å². The van der Waals surface area contributed by atoms with Crippen molar-refractivity contribution in [1.29, 1.82) is 0 Å². The van der Waals surface area contributed by atoms with Gasteiger partial charge in [-0.3, -0.25) is 4.79 Å². The molecule has 0 saturated heterocycles. The maximum Gasteiger partial charge on any atom is 0.254 e. The Balaban J connectivity index is 2.06. The zero-order valence-electron chi connectivity index (χ0n) is 12.6. The van der Waals surface area contributed by atoms with Crippen LogP contribution in [-0.4, -0.2) is 35.1 Å². The summed E-state index contributed by atoms with van der Waals surface area (Å²) in [5.74, 6) is 5.98. The second kappa shape index (κ2) is 7.85. The topological polar surface area (TPSA) is 40.5 Å². The second-order valence-corrected chi connectivity index (χ2v) is 5.38. The molecule has 0 unspecified atom stereocenters. The average molecular weight is 285 g/mol. The van der Waals surface area contributed by atoms with Crippen LogP contribution in [0.1, 0.15) is 54.9 Å². The Labute approximate surface area is 127 Å². The van der Waals surface area contributed by atoms with Crippen LogP contribution in [0, 0.1) is 11.8 Å². The molecule has 3 nitrogen and oxygen atoms in total. The summed E-state index contributed by atoms with van der Waals surface area (Å²) >= 11 is 0. The maximum absolute atomic E-state index is 12.6. The second-order valence-electron chi connectivity index (χ2n) is 5.38. The summed E-state index contributed by atoms with van der Waals surface area (Å²) in [4.78, 5) is 14.6. The van der Waals surface area contributed by atoms with Gasteiger partial charge in [0.05, 0.1) is 6.61 Å². The van der Waals surface area contributed by atoms with Crippen molar-refractivity contribution < 1.29 is 9.90 Å². The lowest BCUT2D eigenvalue weighted by atomic mass is 10.1. The molecule has 112 valence electrons. The minimum absolute atomic E-state index is 0.0798. The summed E-state index contributed by atoms with van der Waals surface area (Å²) in [7, 11) is 0. The van der Waals surface area contributed by atoms with Crippen molar-refractivity contribution in [3.63, 3.8) is 0 Å². The lowest BCUT2D eigenvalue weighted by molar-refractivity contribution is 0.0693. The molecule has 2 rings (SSSR count).